The van der Waals surface area contributed by atoms with Gasteiger partial charge in [-0.25, -0.2) is 0 Å². The molecule has 3 atom stereocenters. The van der Waals surface area contributed by atoms with Gasteiger partial charge in [-0.1, -0.05) is 209 Å². The lowest BCUT2D eigenvalue weighted by Crippen LogP contribution is -2.46. The highest BCUT2D eigenvalue weighted by atomic mass is 16.5. The van der Waals surface area contributed by atoms with Gasteiger partial charge < -0.3 is 20.3 Å². The molecule has 1 amide bonds. The van der Waals surface area contributed by atoms with Crippen LogP contribution in [-0.4, -0.2) is 46.9 Å². The van der Waals surface area contributed by atoms with E-state index in [1.54, 1.807) is 0 Å². The Kier molecular flexibility index (Phi) is 43.3. The van der Waals surface area contributed by atoms with Crippen molar-refractivity contribution < 1.29 is 24.5 Å². The SMILES string of the molecule is CC/C=C/C=C/C=C/C=C\CCCCCCCC(=O)OC(CCCCCCC/C=C/C/C=C/CC)CC(=O)NC(CO)C(O)CCCCCCCCCCCCCC. The first-order valence-electron chi connectivity index (χ1n) is 24.2. The van der Waals surface area contributed by atoms with E-state index in [0.717, 1.165) is 109 Å². The zero-order valence-electron chi connectivity index (χ0n) is 37.9. The lowest BCUT2D eigenvalue weighted by Gasteiger charge is -2.24. The van der Waals surface area contributed by atoms with Gasteiger partial charge in [0.25, 0.3) is 0 Å². The number of hydrogen-bond donors (Lipinski definition) is 3. The summed E-state index contributed by atoms with van der Waals surface area (Å²) in [6.07, 6.45) is 56.7. The Labute approximate surface area is 358 Å². The number of carbonyl (C=O) groups excluding carboxylic acids is 2. The van der Waals surface area contributed by atoms with Crippen LogP contribution >= 0.6 is 0 Å². The Morgan fingerprint density at radius 1 is 0.534 bits per heavy atom. The molecule has 0 radical (unpaired) electrons. The standard InChI is InChI=1S/C52H91NO5/c1-4-7-10-13-16-19-22-25-26-27-30-33-36-39-42-45-52(57)58-48(43-40-37-34-31-28-23-20-17-14-11-8-5-2)46-51(56)53-49(47-54)50(55)44-41-38-35-32-29-24-21-18-15-12-9-6-3/h7-8,10-11,13,16-17,19-20,22,25-26,48-50,54-55H,4-6,9,12,14-15,18,21,23-24,27-47H2,1-3H3,(H,53,56)/b10-7+,11-8+,16-13+,20-17+,22-19+,26-25-. The fourth-order valence-corrected chi connectivity index (χ4v) is 7.01. The largest absolute Gasteiger partial charge is 0.462 e. The van der Waals surface area contributed by atoms with Gasteiger partial charge in [-0.2, -0.15) is 0 Å². The second-order valence-corrected chi connectivity index (χ2v) is 16.2. The molecule has 0 saturated carbocycles. The van der Waals surface area contributed by atoms with E-state index < -0.39 is 18.2 Å². The summed E-state index contributed by atoms with van der Waals surface area (Å²) in [5.74, 6) is -0.519. The molecule has 3 unspecified atom stereocenters. The third-order valence-electron chi connectivity index (χ3n) is 10.6. The number of amides is 1. The normalized spacial score (nSPS) is 13.9. The molecule has 0 spiro atoms. The number of hydrogen-bond acceptors (Lipinski definition) is 5. The van der Waals surface area contributed by atoms with E-state index in [0.29, 0.717) is 19.3 Å². The molecule has 0 aliphatic heterocycles. The van der Waals surface area contributed by atoms with E-state index in [4.69, 9.17) is 4.74 Å². The summed E-state index contributed by atoms with van der Waals surface area (Å²) in [4.78, 5) is 26.1. The molecule has 6 heteroatoms. The summed E-state index contributed by atoms with van der Waals surface area (Å²) in [5.41, 5.74) is 0. The van der Waals surface area contributed by atoms with Crippen molar-refractivity contribution in [2.45, 2.75) is 238 Å². The van der Waals surface area contributed by atoms with Gasteiger partial charge in [0.15, 0.2) is 0 Å². The molecule has 58 heavy (non-hydrogen) atoms. The van der Waals surface area contributed by atoms with Crippen molar-refractivity contribution in [2.75, 3.05) is 6.61 Å². The summed E-state index contributed by atoms with van der Waals surface area (Å²) in [6, 6.07) is -0.713. The highest BCUT2D eigenvalue weighted by molar-refractivity contribution is 5.77. The number of allylic oxidation sites excluding steroid dienone is 12. The van der Waals surface area contributed by atoms with Gasteiger partial charge in [0, 0.05) is 6.42 Å². The Morgan fingerprint density at radius 2 is 1.02 bits per heavy atom. The summed E-state index contributed by atoms with van der Waals surface area (Å²) < 4.78 is 5.90. The highest BCUT2D eigenvalue weighted by Crippen LogP contribution is 2.17. The van der Waals surface area contributed by atoms with E-state index >= 15 is 0 Å². The van der Waals surface area contributed by atoms with Crippen LogP contribution in [0.5, 0.6) is 0 Å². The minimum Gasteiger partial charge on any atom is -0.462 e. The third kappa shape index (κ3) is 40.1. The minimum atomic E-state index is -0.797. The molecule has 0 fully saturated rings. The number of nitrogens with one attached hydrogen (secondary N) is 1. The van der Waals surface area contributed by atoms with Crippen molar-refractivity contribution in [3.05, 3.63) is 72.9 Å². The monoisotopic (exact) mass is 810 g/mol. The van der Waals surface area contributed by atoms with Crippen LogP contribution in [0, 0.1) is 0 Å². The van der Waals surface area contributed by atoms with Gasteiger partial charge in [-0.05, 0) is 70.6 Å². The maximum atomic E-state index is 13.2. The number of unbranched alkanes of at least 4 members (excludes halogenated alkanes) is 21. The predicted molar refractivity (Wildman–Crippen MR) is 250 cm³/mol. The van der Waals surface area contributed by atoms with Gasteiger partial charge in [-0.15, -0.1) is 0 Å². The molecule has 0 saturated heterocycles. The first kappa shape index (κ1) is 55.3. The van der Waals surface area contributed by atoms with E-state index in [1.807, 2.05) is 18.2 Å². The number of carbonyl (C=O) groups is 2. The lowest BCUT2D eigenvalue weighted by molar-refractivity contribution is -0.151. The van der Waals surface area contributed by atoms with Crippen LogP contribution in [-0.2, 0) is 14.3 Å². The second-order valence-electron chi connectivity index (χ2n) is 16.2. The van der Waals surface area contributed by atoms with E-state index in [9.17, 15) is 19.8 Å². The van der Waals surface area contributed by atoms with Crippen LogP contribution in [0.4, 0.5) is 0 Å². The number of aliphatic hydroxyl groups excluding tert-OH is 2. The van der Waals surface area contributed by atoms with Crippen molar-refractivity contribution in [3.8, 4) is 0 Å². The molecular formula is C52H91NO5. The predicted octanol–water partition coefficient (Wildman–Crippen LogP) is 14.2. The fraction of sp³-hybridized carbons (Fsp3) is 0.731. The van der Waals surface area contributed by atoms with Crippen molar-refractivity contribution in [1.29, 1.82) is 0 Å². The number of esters is 1. The molecule has 0 aromatic heterocycles. The molecular weight excluding hydrogens is 719 g/mol. The van der Waals surface area contributed by atoms with Crippen LogP contribution in [0.1, 0.15) is 220 Å². The second kappa shape index (κ2) is 45.4. The smallest absolute Gasteiger partial charge is 0.306 e. The molecule has 0 aromatic carbocycles. The molecule has 3 N–H and O–H groups in total. The molecule has 0 bridgehead atoms. The lowest BCUT2D eigenvalue weighted by atomic mass is 10.0. The average molecular weight is 810 g/mol. The van der Waals surface area contributed by atoms with Gasteiger partial charge in [-0.3, -0.25) is 9.59 Å². The number of ether oxygens (including phenoxy) is 1. The topological polar surface area (TPSA) is 95.9 Å². The molecule has 6 nitrogen and oxygen atoms in total. The Hall–Kier alpha value is -2.70. The first-order valence-corrected chi connectivity index (χ1v) is 24.2. The van der Waals surface area contributed by atoms with Crippen LogP contribution in [0.15, 0.2) is 72.9 Å². The highest BCUT2D eigenvalue weighted by Gasteiger charge is 2.24. The first-order chi connectivity index (χ1) is 28.5. The third-order valence-corrected chi connectivity index (χ3v) is 10.6. The van der Waals surface area contributed by atoms with Crippen LogP contribution < -0.4 is 5.32 Å². The van der Waals surface area contributed by atoms with Gasteiger partial charge in [0.2, 0.25) is 5.91 Å². The summed E-state index contributed by atoms with van der Waals surface area (Å²) in [5, 5.41) is 23.7. The van der Waals surface area contributed by atoms with E-state index in [1.165, 1.54) is 64.2 Å². The number of aliphatic hydroxyl groups is 2. The molecule has 0 aliphatic carbocycles. The van der Waals surface area contributed by atoms with Crippen LogP contribution in [0.2, 0.25) is 0 Å². The van der Waals surface area contributed by atoms with E-state index in [2.05, 4.69) is 80.8 Å². The zero-order valence-corrected chi connectivity index (χ0v) is 37.9. The summed E-state index contributed by atoms with van der Waals surface area (Å²) in [6.45, 7) is 6.22. The minimum absolute atomic E-state index is 0.0553. The molecule has 0 aromatic rings. The van der Waals surface area contributed by atoms with Crippen molar-refractivity contribution >= 4 is 11.9 Å². The molecule has 0 heterocycles. The molecule has 0 aliphatic rings. The van der Waals surface area contributed by atoms with Gasteiger partial charge >= 0.3 is 5.97 Å². The Balaban J connectivity index is 4.64. The summed E-state index contributed by atoms with van der Waals surface area (Å²) >= 11 is 0. The quantitative estimate of drug-likeness (QED) is 0.0247. The van der Waals surface area contributed by atoms with Crippen molar-refractivity contribution in [3.63, 3.8) is 0 Å². The van der Waals surface area contributed by atoms with Gasteiger partial charge in [0.05, 0.1) is 25.2 Å². The Morgan fingerprint density at radius 3 is 1.60 bits per heavy atom. The fourth-order valence-electron chi connectivity index (χ4n) is 7.01. The maximum absolute atomic E-state index is 13.2. The zero-order chi connectivity index (χ0) is 42.4. The van der Waals surface area contributed by atoms with Crippen molar-refractivity contribution in [2.24, 2.45) is 0 Å². The molecule has 334 valence electrons. The van der Waals surface area contributed by atoms with Crippen LogP contribution in [0.25, 0.3) is 0 Å². The molecule has 0 rings (SSSR count). The maximum Gasteiger partial charge on any atom is 0.306 e. The van der Waals surface area contributed by atoms with Gasteiger partial charge in [0.1, 0.15) is 6.10 Å². The average Bonchev–Trinajstić information content (AvgIpc) is 3.22. The van der Waals surface area contributed by atoms with Crippen molar-refractivity contribution in [1.82, 2.24) is 5.32 Å². The summed E-state index contributed by atoms with van der Waals surface area (Å²) in [7, 11) is 0. The number of rotatable bonds is 42. The van der Waals surface area contributed by atoms with Crippen LogP contribution in [0.3, 0.4) is 0 Å². The Bertz CT molecular complexity index is 1090. The van der Waals surface area contributed by atoms with E-state index in [-0.39, 0.29) is 24.9 Å².